The molecule has 0 saturated heterocycles. The minimum atomic E-state index is -0.114. The number of hydrogen-bond donors (Lipinski definition) is 1. The molecule has 0 fully saturated rings. The van der Waals surface area contributed by atoms with Gasteiger partial charge in [-0.1, -0.05) is 119 Å². The summed E-state index contributed by atoms with van der Waals surface area (Å²) >= 11 is 0. The third-order valence-electron chi connectivity index (χ3n) is 7.50. The molecule has 1 atom stereocenters. The highest BCUT2D eigenvalue weighted by molar-refractivity contribution is 5.96. The maximum Gasteiger partial charge on any atom is 0.0941 e. The van der Waals surface area contributed by atoms with E-state index in [4.69, 9.17) is 4.98 Å². The van der Waals surface area contributed by atoms with Gasteiger partial charge in [0.15, 0.2) is 0 Å². The Kier molecular flexibility index (Phi) is 7.70. The number of nitrogens with one attached hydrogen (secondary N) is 1. The molecule has 1 N–H and O–H groups in total. The largest absolute Gasteiger partial charge is 0.378 e. The van der Waals surface area contributed by atoms with Crippen LogP contribution in [0.1, 0.15) is 68.0 Å². The van der Waals surface area contributed by atoms with Crippen molar-refractivity contribution in [1.82, 2.24) is 4.98 Å². The van der Waals surface area contributed by atoms with Crippen LogP contribution in [-0.4, -0.2) is 19.1 Å². The molecule has 0 saturated carbocycles. The number of hydrogen-bond acceptors (Lipinski definition) is 3. The van der Waals surface area contributed by atoms with Crippen LogP contribution in [0.5, 0.6) is 0 Å². The molecule has 0 spiro atoms. The molecule has 3 nitrogen and oxygen atoms in total. The predicted molar refractivity (Wildman–Crippen MR) is 168 cm³/mol. The Morgan fingerprint density at radius 2 is 1.28 bits per heavy atom. The number of fused-ring (bicyclic) bond motifs is 1. The summed E-state index contributed by atoms with van der Waals surface area (Å²) in [5, 5.41) is 6.45. The highest BCUT2D eigenvalue weighted by Crippen LogP contribution is 2.38. The summed E-state index contributed by atoms with van der Waals surface area (Å²) in [5.74, 6) is 0.796. The van der Waals surface area contributed by atoms with Crippen molar-refractivity contribution in [3.05, 3.63) is 126 Å². The number of anilines is 2. The molecule has 39 heavy (non-hydrogen) atoms. The lowest BCUT2D eigenvalue weighted by molar-refractivity contribution is 0.814. The third-order valence-corrected chi connectivity index (χ3v) is 7.50. The van der Waals surface area contributed by atoms with Gasteiger partial charge in [0.05, 0.1) is 17.4 Å². The fraction of sp³-hybridized carbons (Fsp3) is 0.250. The molecule has 0 aliphatic heterocycles. The second-order valence-electron chi connectivity index (χ2n) is 11.2. The maximum absolute atomic E-state index is 5.37. The van der Waals surface area contributed by atoms with Gasteiger partial charge in [0.1, 0.15) is 0 Å². The smallest absolute Gasteiger partial charge is 0.0941 e. The lowest BCUT2D eigenvalue weighted by Gasteiger charge is -2.28. The van der Waals surface area contributed by atoms with E-state index >= 15 is 0 Å². The zero-order chi connectivity index (χ0) is 27.5. The van der Waals surface area contributed by atoms with E-state index in [0.29, 0.717) is 11.8 Å². The van der Waals surface area contributed by atoms with Crippen molar-refractivity contribution in [3.63, 3.8) is 0 Å². The molecule has 3 heteroatoms. The van der Waals surface area contributed by atoms with Crippen molar-refractivity contribution in [1.29, 1.82) is 0 Å². The van der Waals surface area contributed by atoms with Gasteiger partial charge in [-0.15, -0.1) is 0 Å². The van der Waals surface area contributed by atoms with Crippen LogP contribution in [-0.2, 0) is 0 Å². The molecule has 5 aromatic rings. The van der Waals surface area contributed by atoms with Crippen molar-refractivity contribution in [2.24, 2.45) is 0 Å². The van der Waals surface area contributed by atoms with Crippen LogP contribution in [0, 0.1) is 0 Å². The first kappa shape index (κ1) is 26.5. The van der Waals surface area contributed by atoms with E-state index in [1.165, 1.54) is 33.2 Å². The maximum atomic E-state index is 5.37. The SMILES string of the molecule is CC(C)c1cccc(C(C)C)c1NC(c1ccccc1)c1cc(N(C)C)cc(-c2cccc3ccccc23)n1. The summed E-state index contributed by atoms with van der Waals surface area (Å²) in [6, 6.07) is 36.8. The van der Waals surface area contributed by atoms with Crippen LogP contribution in [0.2, 0.25) is 0 Å². The topological polar surface area (TPSA) is 28.2 Å². The van der Waals surface area contributed by atoms with Gasteiger partial charge < -0.3 is 10.2 Å². The number of nitrogens with zero attached hydrogens (tertiary/aromatic N) is 2. The minimum Gasteiger partial charge on any atom is -0.378 e. The molecule has 0 aliphatic carbocycles. The average Bonchev–Trinajstić information content (AvgIpc) is 2.95. The number of aromatic nitrogens is 1. The van der Waals surface area contributed by atoms with E-state index in [-0.39, 0.29) is 6.04 Å². The number of pyridine rings is 1. The lowest BCUT2D eigenvalue weighted by Crippen LogP contribution is -2.18. The Hall–Kier alpha value is -4.11. The Bertz CT molecular complexity index is 1540. The second kappa shape index (κ2) is 11.3. The molecule has 0 bridgehead atoms. The fourth-order valence-electron chi connectivity index (χ4n) is 5.37. The molecule has 0 radical (unpaired) electrons. The van der Waals surface area contributed by atoms with Gasteiger partial charge in [-0.3, -0.25) is 4.98 Å². The van der Waals surface area contributed by atoms with Gasteiger partial charge >= 0.3 is 0 Å². The van der Waals surface area contributed by atoms with Gasteiger partial charge in [-0.25, -0.2) is 0 Å². The molecule has 0 aliphatic rings. The molecule has 5 rings (SSSR count). The van der Waals surface area contributed by atoms with Crippen molar-refractivity contribution in [3.8, 4) is 11.3 Å². The third kappa shape index (κ3) is 5.54. The second-order valence-corrected chi connectivity index (χ2v) is 11.2. The van der Waals surface area contributed by atoms with Crippen molar-refractivity contribution in [2.75, 3.05) is 24.3 Å². The molecule has 1 aromatic heterocycles. The first-order chi connectivity index (χ1) is 18.8. The summed E-state index contributed by atoms with van der Waals surface area (Å²) in [6.07, 6.45) is 0. The number of benzene rings is 4. The summed E-state index contributed by atoms with van der Waals surface area (Å²) in [4.78, 5) is 7.54. The summed E-state index contributed by atoms with van der Waals surface area (Å²) < 4.78 is 0. The molecule has 198 valence electrons. The Balaban J connectivity index is 1.73. The number of rotatable bonds is 8. The highest BCUT2D eigenvalue weighted by atomic mass is 15.1. The van der Waals surface area contributed by atoms with E-state index in [0.717, 1.165) is 22.6 Å². The van der Waals surface area contributed by atoms with Gasteiger partial charge in [0, 0.05) is 31.0 Å². The van der Waals surface area contributed by atoms with Crippen LogP contribution >= 0.6 is 0 Å². The van der Waals surface area contributed by atoms with Crippen molar-refractivity contribution in [2.45, 2.75) is 45.6 Å². The number of para-hydroxylation sites is 1. The van der Waals surface area contributed by atoms with Gasteiger partial charge in [0.25, 0.3) is 0 Å². The monoisotopic (exact) mass is 513 g/mol. The minimum absolute atomic E-state index is 0.114. The molecular weight excluding hydrogens is 474 g/mol. The molecular formula is C36H39N3. The average molecular weight is 514 g/mol. The highest BCUT2D eigenvalue weighted by Gasteiger charge is 2.23. The molecule has 1 heterocycles. The molecule has 1 unspecified atom stereocenters. The van der Waals surface area contributed by atoms with Crippen molar-refractivity contribution >= 4 is 22.1 Å². The van der Waals surface area contributed by atoms with Crippen LogP contribution in [0.15, 0.2) is 103 Å². The normalized spacial score (nSPS) is 12.2. The summed E-state index contributed by atoms with van der Waals surface area (Å²) in [5.41, 5.74) is 9.35. The standard InChI is InChI=1S/C36H39N3/c1-24(2)29-19-13-20-30(25(3)4)36(29)38-35(27-15-8-7-9-16-27)34-23-28(39(5)6)22-33(37-34)32-21-12-17-26-14-10-11-18-31(26)32/h7-25,35,38H,1-6H3. The van der Waals surface area contributed by atoms with E-state index in [1.807, 2.05) is 0 Å². The fourth-order valence-corrected chi connectivity index (χ4v) is 5.37. The van der Waals surface area contributed by atoms with Gasteiger partial charge in [-0.2, -0.15) is 0 Å². The van der Waals surface area contributed by atoms with E-state index < -0.39 is 0 Å². The first-order valence-electron chi connectivity index (χ1n) is 13.9. The zero-order valence-corrected chi connectivity index (χ0v) is 23.9. The van der Waals surface area contributed by atoms with Crippen LogP contribution < -0.4 is 10.2 Å². The lowest BCUT2D eigenvalue weighted by atomic mass is 9.91. The predicted octanol–water partition coefficient (Wildman–Crippen LogP) is 9.42. The van der Waals surface area contributed by atoms with Crippen LogP contribution in [0.3, 0.4) is 0 Å². The Morgan fingerprint density at radius 1 is 0.667 bits per heavy atom. The van der Waals surface area contributed by atoms with Gasteiger partial charge in [0.2, 0.25) is 0 Å². The Morgan fingerprint density at radius 3 is 1.95 bits per heavy atom. The molecule has 4 aromatic carbocycles. The summed E-state index contributed by atoms with van der Waals surface area (Å²) in [7, 11) is 4.20. The van der Waals surface area contributed by atoms with Crippen molar-refractivity contribution < 1.29 is 0 Å². The van der Waals surface area contributed by atoms with Crippen LogP contribution in [0.4, 0.5) is 11.4 Å². The quantitative estimate of drug-likeness (QED) is 0.224. The zero-order valence-electron chi connectivity index (χ0n) is 23.9. The molecule has 0 amide bonds. The van der Waals surface area contributed by atoms with E-state index in [2.05, 4.69) is 155 Å². The van der Waals surface area contributed by atoms with Gasteiger partial charge in [-0.05, 0) is 51.4 Å². The first-order valence-corrected chi connectivity index (χ1v) is 13.9. The van der Waals surface area contributed by atoms with E-state index in [1.54, 1.807) is 0 Å². The van der Waals surface area contributed by atoms with Crippen LogP contribution in [0.25, 0.3) is 22.0 Å². The Labute approximate surface area is 233 Å². The van der Waals surface area contributed by atoms with E-state index in [9.17, 15) is 0 Å². The summed E-state index contributed by atoms with van der Waals surface area (Å²) in [6.45, 7) is 9.08.